The lowest BCUT2D eigenvalue weighted by molar-refractivity contribution is -0.113. The van der Waals surface area contributed by atoms with Crippen LogP contribution in [0.1, 0.15) is 12.5 Å². The number of allylic oxidation sites excluding steroid dienone is 3. The van der Waals surface area contributed by atoms with Crippen molar-refractivity contribution in [3.63, 3.8) is 0 Å². The summed E-state index contributed by atoms with van der Waals surface area (Å²) in [6, 6.07) is 7.74. The minimum atomic E-state index is -0.370. The van der Waals surface area contributed by atoms with Gasteiger partial charge >= 0.3 is 0 Å². The van der Waals surface area contributed by atoms with Crippen LogP contribution in [0.25, 0.3) is 0 Å². The highest BCUT2D eigenvalue weighted by Crippen LogP contribution is 2.18. The van der Waals surface area contributed by atoms with Gasteiger partial charge in [0.25, 0.3) is 0 Å². The van der Waals surface area contributed by atoms with Gasteiger partial charge in [-0.05, 0) is 37.6 Å². The summed E-state index contributed by atoms with van der Waals surface area (Å²) in [6.45, 7) is 3.81. The van der Waals surface area contributed by atoms with E-state index < -0.39 is 0 Å². The molecule has 1 aromatic carbocycles. The standard InChI is InChI=1S/C14H13NO2/c1-9-3-5-11(6-4-9)15-12-8-14(17)13(16)7-10(12)2/h3-8,17H,1-2H3. The van der Waals surface area contributed by atoms with Crippen molar-refractivity contribution in [1.29, 1.82) is 0 Å². The Morgan fingerprint density at radius 3 is 2.35 bits per heavy atom. The third-order valence-corrected chi connectivity index (χ3v) is 2.56. The van der Waals surface area contributed by atoms with E-state index >= 15 is 0 Å². The predicted octanol–water partition coefficient (Wildman–Crippen LogP) is 3.04. The Kier molecular flexibility index (Phi) is 2.91. The molecular formula is C14H13NO2. The SMILES string of the molecule is CC1=CC(=O)C(O)=CC1=Nc1ccc(C)cc1. The fraction of sp³-hybridized carbons (Fsp3) is 0.143. The fourth-order valence-corrected chi connectivity index (χ4v) is 1.54. The molecule has 0 heterocycles. The molecule has 0 bridgehead atoms. The topological polar surface area (TPSA) is 49.7 Å². The zero-order valence-corrected chi connectivity index (χ0v) is 9.77. The van der Waals surface area contributed by atoms with Crippen LogP contribution in [-0.2, 0) is 4.79 Å². The average molecular weight is 227 g/mol. The molecule has 0 atom stereocenters. The molecule has 0 aliphatic heterocycles. The summed E-state index contributed by atoms with van der Waals surface area (Å²) in [5.74, 6) is -0.633. The van der Waals surface area contributed by atoms with E-state index in [-0.39, 0.29) is 11.5 Å². The molecule has 0 radical (unpaired) electrons. The van der Waals surface area contributed by atoms with Crippen molar-refractivity contribution in [2.24, 2.45) is 4.99 Å². The van der Waals surface area contributed by atoms with Crippen molar-refractivity contribution in [2.75, 3.05) is 0 Å². The number of benzene rings is 1. The number of aliphatic hydroxyl groups is 1. The predicted molar refractivity (Wildman–Crippen MR) is 67.7 cm³/mol. The van der Waals surface area contributed by atoms with Gasteiger partial charge in [-0.25, -0.2) is 4.99 Å². The van der Waals surface area contributed by atoms with Crippen LogP contribution in [-0.4, -0.2) is 16.6 Å². The molecule has 1 aromatic rings. The number of carbonyl (C=O) groups excluding carboxylic acids is 1. The van der Waals surface area contributed by atoms with Crippen molar-refractivity contribution < 1.29 is 9.90 Å². The van der Waals surface area contributed by atoms with Crippen molar-refractivity contribution >= 4 is 17.2 Å². The Morgan fingerprint density at radius 1 is 1.06 bits per heavy atom. The molecule has 2 rings (SSSR count). The highest BCUT2D eigenvalue weighted by Gasteiger charge is 2.14. The van der Waals surface area contributed by atoms with Crippen LogP contribution in [0.3, 0.4) is 0 Å². The molecule has 1 N–H and O–H groups in total. The van der Waals surface area contributed by atoms with Crippen LogP contribution in [0.4, 0.5) is 5.69 Å². The van der Waals surface area contributed by atoms with Crippen molar-refractivity contribution in [1.82, 2.24) is 0 Å². The molecule has 17 heavy (non-hydrogen) atoms. The summed E-state index contributed by atoms with van der Waals surface area (Å²) in [6.07, 6.45) is 2.79. The second-order valence-corrected chi connectivity index (χ2v) is 4.05. The van der Waals surface area contributed by atoms with E-state index in [1.54, 1.807) is 6.92 Å². The Morgan fingerprint density at radius 2 is 1.71 bits per heavy atom. The highest BCUT2D eigenvalue weighted by atomic mass is 16.3. The first-order valence-electron chi connectivity index (χ1n) is 5.35. The lowest BCUT2D eigenvalue weighted by Crippen LogP contribution is -2.11. The second kappa shape index (κ2) is 4.37. The van der Waals surface area contributed by atoms with Gasteiger partial charge in [0.05, 0.1) is 11.4 Å². The first-order valence-corrected chi connectivity index (χ1v) is 5.35. The van der Waals surface area contributed by atoms with Gasteiger partial charge in [-0.2, -0.15) is 0 Å². The van der Waals surface area contributed by atoms with Crippen LogP contribution >= 0.6 is 0 Å². The number of hydrogen-bond acceptors (Lipinski definition) is 3. The quantitative estimate of drug-likeness (QED) is 0.749. The minimum absolute atomic E-state index is 0.263. The Balaban J connectivity index is 2.37. The van der Waals surface area contributed by atoms with Gasteiger partial charge in [-0.1, -0.05) is 17.7 Å². The Bertz CT molecular complexity index is 548. The highest BCUT2D eigenvalue weighted by molar-refractivity contribution is 6.21. The van der Waals surface area contributed by atoms with E-state index in [9.17, 15) is 9.90 Å². The Hall–Kier alpha value is -2.16. The first kappa shape index (κ1) is 11.3. The molecule has 3 heteroatoms. The summed E-state index contributed by atoms with van der Waals surface area (Å²) in [5.41, 5.74) is 3.34. The van der Waals surface area contributed by atoms with Gasteiger partial charge in [-0.15, -0.1) is 0 Å². The number of aliphatic hydroxyl groups excluding tert-OH is 1. The molecule has 1 aliphatic rings. The van der Waals surface area contributed by atoms with Gasteiger partial charge in [-0.3, -0.25) is 4.79 Å². The summed E-state index contributed by atoms with van der Waals surface area (Å²) in [4.78, 5) is 15.6. The number of rotatable bonds is 1. The third kappa shape index (κ3) is 2.50. The lowest BCUT2D eigenvalue weighted by Gasteiger charge is -2.08. The average Bonchev–Trinajstić information content (AvgIpc) is 2.29. The molecule has 0 fully saturated rings. The van der Waals surface area contributed by atoms with E-state index in [0.29, 0.717) is 5.71 Å². The van der Waals surface area contributed by atoms with Crippen LogP contribution in [0.15, 0.2) is 52.7 Å². The molecule has 0 saturated heterocycles. The van der Waals surface area contributed by atoms with Gasteiger partial charge in [0.2, 0.25) is 5.78 Å². The number of hydrogen-bond donors (Lipinski definition) is 1. The largest absolute Gasteiger partial charge is 0.504 e. The molecule has 3 nitrogen and oxygen atoms in total. The van der Waals surface area contributed by atoms with Crippen LogP contribution in [0.5, 0.6) is 0 Å². The van der Waals surface area contributed by atoms with Gasteiger partial charge < -0.3 is 5.11 Å². The smallest absolute Gasteiger partial charge is 0.220 e. The van der Waals surface area contributed by atoms with E-state index in [1.165, 1.54) is 17.7 Å². The van der Waals surface area contributed by atoms with Crippen LogP contribution in [0, 0.1) is 6.92 Å². The lowest BCUT2D eigenvalue weighted by atomic mass is 10.0. The van der Waals surface area contributed by atoms with Crippen molar-refractivity contribution in [3.8, 4) is 0 Å². The van der Waals surface area contributed by atoms with Gasteiger partial charge in [0.15, 0.2) is 5.76 Å². The maximum atomic E-state index is 11.2. The van der Waals surface area contributed by atoms with Crippen LogP contribution < -0.4 is 0 Å². The van der Waals surface area contributed by atoms with E-state index in [0.717, 1.165) is 11.3 Å². The van der Waals surface area contributed by atoms with E-state index in [4.69, 9.17) is 0 Å². The summed E-state index contributed by atoms with van der Waals surface area (Å²) < 4.78 is 0. The zero-order chi connectivity index (χ0) is 12.4. The third-order valence-electron chi connectivity index (χ3n) is 2.56. The number of carbonyl (C=O) groups is 1. The monoisotopic (exact) mass is 227 g/mol. The summed E-state index contributed by atoms with van der Waals surface area (Å²) in [5, 5.41) is 9.37. The minimum Gasteiger partial charge on any atom is -0.504 e. The Labute approximate surface area is 99.8 Å². The number of aliphatic imine (C=N–C) groups is 1. The van der Waals surface area contributed by atoms with Crippen LogP contribution in [0.2, 0.25) is 0 Å². The second-order valence-electron chi connectivity index (χ2n) is 4.05. The maximum absolute atomic E-state index is 11.2. The molecule has 0 saturated carbocycles. The first-order chi connectivity index (χ1) is 8.06. The van der Waals surface area contributed by atoms with E-state index in [1.807, 2.05) is 31.2 Å². The van der Waals surface area contributed by atoms with E-state index in [2.05, 4.69) is 4.99 Å². The molecule has 0 amide bonds. The summed E-state index contributed by atoms with van der Waals surface area (Å²) in [7, 11) is 0. The van der Waals surface area contributed by atoms with Gasteiger partial charge in [0, 0.05) is 6.08 Å². The molecule has 0 spiro atoms. The number of aryl methyl sites for hydroxylation is 1. The number of nitrogens with zero attached hydrogens (tertiary/aromatic N) is 1. The van der Waals surface area contributed by atoms with Crippen molar-refractivity contribution in [2.45, 2.75) is 13.8 Å². The molecule has 0 aromatic heterocycles. The number of ketones is 1. The normalized spacial score (nSPS) is 18.0. The fourth-order valence-electron chi connectivity index (χ4n) is 1.54. The maximum Gasteiger partial charge on any atom is 0.220 e. The zero-order valence-electron chi connectivity index (χ0n) is 9.77. The molecule has 0 unspecified atom stereocenters. The van der Waals surface area contributed by atoms with Crippen molar-refractivity contribution in [3.05, 3.63) is 53.3 Å². The molecule has 1 aliphatic carbocycles. The summed E-state index contributed by atoms with van der Waals surface area (Å²) >= 11 is 0. The molecule has 86 valence electrons. The molecular weight excluding hydrogens is 214 g/mol. The van der Waals surface area contributed by atoms with Gasteiger partial charge in [0.1, 0.15) is 0 Å².